The Balaban J connectivity index is 1.63. The van der Waals surface area contributed by atoms with Gasteiger partial charge in [-0.1, -0.05) is 13.3 Å². The van der Waals surface area contributed by atoms with E-state index in [4.69, 9.17) is 21.7 Å². The van der Waals surface area contributed by atoms with Crippen molar-refractivity contribution in [2.45, 2.75) is 39.0 Å². The van der Waals surface area contributed by atoms with Crippen LogP contribution in [0.1, 0.15) is 57.3 Å². The Morgan fingerprint density at radius 2 is 1.90 bits per heavy atom. The van der Waals surface area contributed by atoms with Crippen molar-refractivity contribution in [1.82, 2.24) is 0 Å². The van der Waals surface area contributed by atoms with Gasteiger partial charge in [0.25, 0.3) is 0 Å². The van der Waals surface area contributed by atoms with Gasteiger partial charge < -0.3 is 20.1 Å². The van der Waals surface area contributed by atoms with Crippen molar-refractivity contribution in [2.24, 2.45) is 0 Å². The van der Waals surface area contributed by atoms with E-state index < -0.39 is 0 Å². The van der Waals surface area contributed by atoms with Gasteiger partial charge in [-0.05, 0) is 67.7 Å². The van der Waals surface area contributed by atoms with Gasteiger partial charge in [-0.15, -0.1) is 11.3 Å². The van der Waals surface area contributed by atoms with E-state index in [0.717, 1.165) is 43.4 Å². The quantitative estimate of drug-likeness (QED) is 0.370. The van der Waals surface area contributed by atoms with Gasteiger partial charge in [0.05, 0.1) is 24.8 Å². The van der Waals surface area contributed by atoms with Crippen LogP contribution in [0.5, 0.6) is 0 Å². The molecule has 0 radical (unpaired) electrons. The molecule has 2 N–H and O–H groups in total. The highest BCUT2D eigenvalue weighted by Gasteiger charge is 2.27. The zero-order chi connectivity index (χ0) is 20.8. The number of methoxy groups -OCH3 is 1. The topological polar surface area (TPSA) is 76.7 Å². The summed E-state index contributed by atoms with van der Waals surface area (Å²) in [7, 11) is 1.39. The number of ether oxygens (including phenoxy) is 2. The molecule has 0 atom stereocenters. The molecule has 1 heterocycles. The van der Waals surface area contributed by atoms with Crippen molar-refractivity contribution in [1.29, 1.82) is 0 Å². The number of carbonyl (C=O) groups is 2. The zero-order valence-electron chi connectivity index (χ0n) is 16.5. The van der Waals surface area contributed by atoms with E-state index in [1.807, 2.05) is 6.92 Å². The van der Waals surface area contributed by atoms with Gasteiger partial charge in [-0.3, -0.25) is 0 Å². The highest BCUT2D eigenvalue weighted by atomic mass is 32.1. The maximum Gasteiger partial charge on any atom is 0.341 e. The summed E-state index contributed by atoms with van der Waals surface area (Å²) in [6, 6.07) is 6.91. The van der Waals surface area contributed by atoms with Crippen LogP contribution >= 0.6 is 23.6 Å². The predicted octanol–water partition coefficient (Wildman–Crippen LogP) is 4.79. The third kappa shape index (κ3) is 5.13. The first kappa shape index (κ1) is 21.3. The summed E-state index contributed by atoms with van der Waals surface area (Å²) in [6.07, 6.45) is 4.74. The number of aryl methyl sites for hydroxylation is 1. The lowest BCUT2D eigenvalue weighted by atomic mass is 10.1. The fourth-order valence-electron chi connectivity index (χ4n) is 3.16. The first-order chi connectivity index (χ1) is 14.0. The van der Waals surface area contributed by atoms with Gasteiger partial charge in [0.2, 0.25) is 0 Å². The highest BCUT2D eigenvalue weighted by Crippen LogP contribution is 2.39. The summed E-state index contributed by atoms with van der Waals surface area (Å²) < 4.78 is 10.2. The maximum absolute atomic E-state index is 12.2. The maximum atomic E-state index is 12.2. The van der Waals surface area contributed by atoms with Crippen LogP contribution < -0.4 is 10.6 Å². The molecule has 0 amide bonds. The van der Waals surface area contributed by atoms with E-state index in [1.54, 1.807) is 35.6 Å². The Labute approximate surface area is 179 Å². The molecule has 6 nitrogen and oxygen atoms in total. The van der Waals surface area contributed by atoms with Crippen LogP contribution in [0, 0.1) is 0 Å². The van der Waals surface area contributed by atoms with Crippen LogP contribution in [0.3, 0.4) is 0 Å². The Kier molecular flexibility index (Phi) is 7.22. The Morgan fingerprint density at radius 1 is 1.14 bits per heavy atom. The molecule has 1 aromatic carbocycles. The Bertz CT molecular complexity index is 906. The second-order valence-electron chi connectivity index (χ2n) is 6.70. The molecule has 1 aliphatic rings. The fourth-order valence-corrected chi connectivity index (χ4v) is 4.72. The van der Waals surface area contributed by atoms with Crippen molar-refractivity contribution in [3.63, 3.8) is 0 Å². The molecule has 8 heteroatoms. The Morgan fingerprint density at radius 3 is 2.59 bits per heavy atom. The predicted molar refractivity (Wildman–Crippen MR) is 119 cm³/mol. The number of thiophene rings is 1. The second kappa shape index (κ2) is 9.84. The number of hydrogen-bond donors (Lipinski definition) is 2. The first-order valence-electron chi connectivity index (χ1n) is 9.61. The molecule has 1 aliphatic carbocycles. The standard InChI is InChI=1S/C21H24N2O4S2/c1-3-4-12-27-19(24)13-8-10-14(11-9-13)22-21(28)23-18-17(20(25)26-2)15-6-5-7-16(15)29-18/h8-11H,3-7,12H2,1-2H3,(H2,22,23,28). The molecular formula is C21H24N2O4S2. The number of nitrogens with one attached hydrogen (secondary N) is 2. The number of unbranched alkanes of at least 4 members (excludes halogenated alkanes) is 1. The van der Waals surface area contributed by atoms with Gasteiger partial charge in [0.15, 0.2) is 5.11 Å². The molecule has 2 aromatic rings. The van der Waals surface area contributed by atoms with Gasteiger partial charge in [0, 0.05) is 10.6 Å². The molecule has 0 bridgehead atoms. The SMILES string of the molecule is CCCCOC(=O)c1ccc(NC(=S)Nc2sc3c(c2C(=O)OC)CCC3)cc1. The molecule has 0 saturated heterocycles. The molecule has 29 heavy (non-hydrogen) atoms. The van der Waals surface area contributed by atoms with Crippen LogP contribution in [0.25, 0.3) is 0 Å². The van der Waals surface area contributed by atoms with Crippen LogP contribution in [0.15, 0.2) is 24.3 Å². The number of esters is 2. The summed E-state index contributed by atoms with van der Waals surface area (Å²) in [5.74, 6) is -0.679. The minimum Gasteiger partial charge on any atom is -0.465 e. The summed E-state index contributed by atoms with van der Waals surface area (Å²) in [5, 5.41) is 7.28. The lowest BCUT2D eigenvalue weighted by Crippen LogP contribution is -2.20. The molecule has 3 rings (SSSR count). The number of benzene rings is 1. The minimum absolute atomic E-state index is 0.332. The lowest BCUT2D eigenvalue weighted by Gasteiger charge is -2.11. The van der Waals surface area contributed by atoms with Crippen molar-refractivity contribution < 1.29 is 19.1 Å². The van der Waals surface area contributed by atoms with Crippen LogP contribution in [0.4, 0.5) is 10.7 Å². The number of rotatable bonds is 7. The average molecular weight is 433 g/mol. The number of carbonyl (C=O) groups excluding carboxylic acids is 2. The highest BCUT2D eigenvalue weighted by molar-refractivity contribution is 7.80. The van der Waals surface area contributed by atoms with Crippen molar-refractivity contribution in [2.75, 3.05) is 24.4 Å². The largest absolute Gasteiger partial charge is 0.465 e. The van der Waals surface area contributed by atoms with Crippen molar-refractivity contribution >= 4 is 51.3 Å². The van der Waals surface area contributed by atoms with E-state index in [2.05, 4.69) is 10.6 Å². The van der Waals surface area contributed by atoms with E-state index >= 15 is 0 Å². The average Bonchev–Trinajstić information content (AvgIpc) is 3.28. The first-order valence-corrected chi connectivity index (χ1v) is 10.8. The fraction of sp³-hybridized carbons (Fsp3) is 0.381. The Hall–Kier alpha value is -2.45. The molecule has 0 spiro atoms. The summed E-state index contributed by atoms with van der Waals surface area (Å²) in [5.41, 5.74) is 2.88. The van der Waals surface area contributed by atoms with Crippen LogP contribution in [-0.4, -0.2) is 30.8 Å². The normalized spacial score (nSPS) is 12.2. The van der Waals surface area contributed by atoms with Crippen LogP contribution in [-0.2, 0) is 22.3 Å². The van der Waals surface area contributed by atoms with Gasteiger partial charge in [-0.2, -0.15) is 0 Å². The molecule has 1 aromatic heterocycles. The second-order valence-corrected chi connectivity index (χ2v) is 8.21. The van der Waals surface area contributed by atoms with E-state index in [1.165, 1.54) is 12.0 Å². The summed E-state index contributed by atoms with van der Waals surface area (Å²) in [6.45, 7) is 2.47. The number of fused-ring (bicyclic) bond motifs is 1. The third-order valence-corrected chi connectivity index (χ3v) is 6.06. The number of hydrogen-bond acceptors (Lipinski definition) is 6. The van der Waals surface area contributed by atoms with E-state index in [0.29, 0.717) is 27.8 Å². The molecule has 154 valence electrons. The number of anilines is 2. The van der Waals surface area contributed by atoms with Gasteiger partial charge >= 0.3 is 11.9 Å². The molecule has 0 saturated carbocycles. The van der Waals surface area contributed by atoms with Gasteiger partial charge in [-0.25, -0.2) is 9.59 Å². The zero-order valence-corrected chi connectivity index (χ0v) is 18.1. The monoisotopic (exact) mass is 432 g/mol. The molecule has 0 aliphatic heterocycles. The minimum atomic E-state index is -0.347. The van der Waals surface area contributed by atoms with E-state index in [9.17, 15) is 9.59 Å². The van der Waals surface area contributed by atoms with Crippen molar-refractivity contribution in [3.8, 4) is 0 Å². The summed E-state index contributed by atoms with van der Waals surface area (Å²) in [4.78, 5) is 25.4. The van der Waals surface area contributed by atoms with Gasteiger partial charge in [0.1, 0.15) is 5.00 Å². The van der Waals surface area contributed by atoms with Crippen LogP contribution in [0.2, 0.25) is 0 Å². The number of thiocarbonyl (C=S) groups is 1. The smallest absolute Gasteiger partial charge is 0.341 e. The molecule has 0 fully saturated rings. The third-order valence-electron chi connectivity index (χ3n) is 4.65. The van der Waals surface area contributed by atoms with E-state index in [-0.39, 0.29) is 11.9 Å². The molecule has 0 unspecified atom stereocenters. The van der Waals surface area contributed by atoms with Crippen molar-refractivity contribution in [3.05, 3.63) is 45.8 Å². The lowest BCUT2D eigenvalue weighted by molar-refractivity contribution is 0.0499. The molecular weight excluding hydrogens is 408 g/mol. The summed E-state index contributed by atoms with van der Waals surface area (Å²) >= 11 is 6.95.